The molecule has 0 fully saturated rings. The van der Waals surface area contributed by atoms with E-state index in [1.54, 1.807) is 6.92 Å². The van der Waals surface area contributed by atoms with Gasteiger partial charge in [0.05, 0.1) is 18.4 Å². The highest BCUT2D eigenvalue weighted by Gasteiger charge is 2.29. The fourth-order valence-corrected chi connectivity index (χ4v) is 4.50. The molecule has 1 aliphatic rings. The zero-order valence-corrected chi connectivity index (χ0v) is 15.7. The first-order chi connectivity index (χ1) is 12.6. The number of carbonyl (C=O) groups excluding carboxylic acids is 3. The Bertz CT molecular complexity index is 856. The Morgan fingerprint density at radius 2 is 2.15 bits per heavy atom. The number of thiophene rings is 2. The van der Waals surface area contributed by atoms with Crippen molar-refractivity contribution in [2.24, 2.45) is 5.10 Å². The number of hydrogen-bond donors (Lipinski definition) is 2. The van der Waals surface area contributed by atoms with Crippen molar-refractivity contribution in [2.75, 3.05) is 11.9 Å². The van der Waals surface area contributed by atoms with Crippen LogP contribution in [-0.4, -0.2) is 30.6 Å². The average Bonchev–Trinajstić information content (AvgIpc) is 3.32. The predicted octanol–water partition coefficient (Wildman–Crippen LogP) is 2.56. The van der Waals surface area contributed by atoms with Crippen molar-refractivity contribution < 1.29 is 19.1 Å². The van der Waals surface area contributed by atoms with E-state index in [1.807, 2.05) is 17.5 Å². The molecule has 2 amide bonds. The zero-order valence-electron chi connectivity index (χ0n) is 14.0. The second-order valence-electron chi connectivity index (χ2n) is 5.45. The number of ether oxygens (including phenoxy) is 1. The van der Waals surface area contributed by atoms with Gasteiger partial charge in [-0.05, 0) is 43.2 Å². The molecular formula is C17H17N3O4S2. The fourth-order valence-electron chi connectivity index (χ4n) is 2.64. The molecule has 2 heterocycles. The number of anilines is 1. The van der Waals surface area contributed by atoms with Gasteiger partial charge < -0.3 is 10.1 Å². The summed E-state index contributed by atoms with van der Waals surface area (Å²) in [6.45, 7) is 1.97. The predicted molar refractivity (Wildman–Crippen MR) is 101 cm³/mol. The topological polar surface area (TPSA) is 96.9 Å². The molecule has 7 nitrogen and oxygen atoms in total. The maximum absolute atomic E-state index is 12.3. The van der Waals surface area contributed by atoms with Gasteiger partial charge in [0.15, 0.2) is 0 Å². The van der Waals surface area contributed by atoms with Gasteiger partial charge in [0.1, 0.15) is 5.00 Å². The molecule has 0 radical (unpaired) electrons. The van der Waals surface area contributed by atoms with Crippen LogP contribution in [0.2, 0.25) is 0 Å². The number of carbonyl (C=O) groups is 3. The molecule has 136 valence electrons. The first-order valence-electron chi connectivity index (χ1n) is 8.09. The number of esters is 1. The number of rotatable bonds is 5. The van der Waals surface area contributed by atoms with Crippen molar-refractivity contribution in [3.05, 3.63) is 38.4 Å². The molecule has 0 saturated carbocycles. The van der Waals surface area contributed by atoms with E-state index in [0.717, 1.165) is 34.6 Å². The van der Waals surface area contributed by atoms with Gasteiger partial charge in [-0.1, -0.05) is 6.07 Å². The zero-order chi connectivity index (χ0) is 18.5. The van der Waals surface area contributed by atoms with Crippen LogP contribution in [0.5, 0.6) is 0 Å². The van der Waals surface area contributed by atoms with Crippen molar-refractivity contribution in [1.82, 2.24) is 5.43 Å². The largest absolute Gasteiger partial charge is 0.462 e. The van der Waals surface area contributed by atoms with Crippen LogP contribution in [0.1, 0.15) is 39.0 Å². The molecule has 0 aromatic carbocycles. The minimum absolute atomic E-state index is 0.245. The van der Waals surface area contributed by atoms with E-state index in [1.165, 1.54) is 28.9 Å². The summed E-state index contributed by atoms with van der Waals surface area (Å²) in [7, 11) is 0. The summed E-state index contributed by atoms with van der Waals surface area (Å²) in [5.41, 5.74) is 3.46. The molecule has 0 spiro atoms. The van der Waals surface area contributed by atoms with E-state index in [4.69, 9.17) is 4.74 Å². The number of hydrazone groups is 1. The van der Waals surface area contributed by atoms with Crippen LogP contribution in [0.25, 0.3) is 0 Å². The number of fused-ring (bicyclic) bond motifs is 1. The summed E-state index contributed by atoms with van der Waals surface area (Å²) in [6, 6.07) is 3.69. The van der Waals surface area contributed by atoms with Gasteiger partial charge >= 0.3 is 17.8 Å². The van der Waals surface area contributed by atoms with Crippen LogP contribution in [-0.2, 0) is 27.2 Å². The molecule has 0 saturated heterocycles. The molecule has 0 atom stereocenters. The molecule has 1 aliphatic carbocycles. The lowest BCUT2D eigenvalue weighted by Gasteiger charge is -2.07. The van der Waals surface area contributed by atoms with Crippen LogP contribution in [0.15, 0.2) is 22.6 Å². The Labute approximate surface area is 158 Å². The Morgan fingerprint density at radius 3 is 2.88 bits per heavy atom. The Kier molecular flexibility index (Phi) is 5.79. The van der Waals surface area contributed by atoms with E-state index in [9.17, 15) is 14.4 Å². The molecular weight excluding hydrogens is 374 g/mol. The Balaban J connectivity index is 1.69. The van der Waals surface area contributed by atoms with Gasteiger partial charge in [-0.2, -0.15) is 5.10 Å². The van der Waals surface area contributed by atoms with Crippen molar-refractivity contribution >= 4 is 51.7 Å². The normalized spacial score (nSPS) is 12.8. The van der Waals surface area contributed by atoms with E-state index in [2.05, 4.69) is 15.8 Å². The molecule has 26 heavy (non-hydrogen) atoms. The Morgan fingerprint density at radius 1 is 1.31 bits per heavy atom. The lowest BCUT2D eigenvalue weighted by Crippen LogP contribution is -2.32. The first-order valence-corrected chi connectivity index (χ1v) is 9.79. The molecule has 0 bridgehead atoms. The number of hydrogen-bond acceptors (Lipinski definition) is 7. The third-order valence-corrected chi connectivity index (χ3v) is 5.75. The summed E-state index contributed by atoms with van der Waals surface area (Å²) in [5, 5.41) is 8.50. The van der Waals surface area contributed by atoms with Crippen LogP contribution in [0, 0.1) is 0 Å². The summed E-state index contributed by atoms with van der Waals surface area (Å²) in [4.78, 5) is 38.2. The van der Waals surface area contributed by atoms with Crippen LogP contribution in [0.3, 0.4) is 0 Å². The van der Waals surface area contributed by atoms with Gasteiger partial charge in [0.25, 0.3) is 0 Å². The highest BCUT2D eigenvalue weighted by molar-refractivity contribution is 7.17. The third-order valence-electron chi connectivity index (χ3n) is 3.74. The summed E-state index contributed by atoms with van der Waals surface area (Å²) < 4.78 is 5.09. The van der Waals surface area contributed by atoms with Crippen LogP contribution < -0.4 is 10.7 Å². The van der Waals surface area contributed by atoms with Gasteiger partial charge in [0, 0.05) is 9.75 Å². The quantitative estimate of drug-likeness (QED) is 0.354. The highest BCUT2D eigenvalue weighted by atomic mass is 32.1. The van der Waals surface area contributed by atoms with Crippen molar-refractivity contribution in [3.63, 3.8) is 0 Å². The molecule has 0 unspecified atom stereocenters. The Hall–Kier alpha value is -2.52. The number of nitrogens with zero attached hydrogens (tertiary/aromatic N) is 1. The average molecular weight is 391 g/mol. The maximum atomic E-state index is 12.3. The number of amides is 2. The summed E-state index contributed by atoms with van der Waals surface area (Å²) in [6.07, 6.45) is 4.06. The van der Waals surface area contributed by atoms with Crippen LogP contribution in [0.4, 0.5) is 5.00 Å². The van der Waals surface area contributed by atoms with Crippen molar-refractivity contribution in [2.45, 2.75) is 26.2 Å². The van der Waals surface area contributed by atoms with E-state index in [0.29, 0.717) is 10.6 Å². The summed E-state index contributed by atoms with van der Waals surface area (Å²) in [5.74, 6) is -2.25. The van der Waals surface area contributed by atoms with E-state index < -0.39 is 17.8 Å². The van der Waals surface area contributed by atoms with Gasteiger partial charge in [-0.15, -0.1) is 22.7 Å². The SMILES string of the molecule is CCOC(=O)c1c(NC(=O)C(=O)NN=Cc2cccs2)sc2c1CCC2. The van der Waals surface area contributed by atoms with Gasteiger partial charge in [-0.25, -0.2) is 10.2 Å². The lowest BCUT2D eigenvalue weighted by molar-refractivity contribution is -0.136. The second-order valence-corrected chi connectivity index (χ2v) is 7.54. The molecule has 2 N–H and O–H groups in total. The molecule has 2 aromatic rings. The van der Waals surface area contributed by atoms with Crippen molar-refractivity contribution in [3.8, 4) is 0 Å². The monoisotopic (exact) mass is 391 g/mol. The van der Waals surface area contributed by atoms with Crippen molar-refractivity contribution in [1.29, 1.82) is 0 Å². The lowest BCUT2D eigenvalue weighted by atomic mass is 10.1. The fraction of sp³-hybridized carbons (Fsp3) is 0.294. The van der Waals surface area contributed by atoms with Crippen LogP contribution >= 0.6 is 22.7 Å². The number of aryl methyl sites for hydroxylation is 1. The first kappa shape index (κ1) is 18.3. The minimum atomic E-state index is -0.902. The molecule has 9 heteroatoms. The van der Waals surface area contributed by atoms with E-state index >= 15 is 0 Å². The smallest absolute Gasteiger partial charge is 0.341 e. The standard InChI is InChI=1S/C17H17N3O4S2/c1-2-24-17(23)13-11-6-3-7-12(11)26-16(13)19-14(21)15(22)20-18-9-10-5-4-8-25-10/h4-5,8-9H,2-3,6-7H2,1H3,(H,19,21)(H,20,22). The third kappa shape index (κ3) is 4.00. The molecule has 0 aliphatic heterocycles. The highest BCUT2D eigenvalue weighted by Crippen LogP contribution is 2.39. The maximum Gasteiger partial charge on any atom is 0.341 e. The summed E-state index contributed by atoms with van der Waals surface area (Å²) >= 11 is 2.78. The molecule has 3 rings (SSSR count). The second kappa shape index (κ2) is 8.24. The van der Waals surface area contributed by atoms with E-state index in [-0.39, 0.29) is 6.61 Å². The number of nitrogens with one attached hydrogen (secondary N) is 2. The van der Waals surface area contributed by atoms with Gasteiger partial charge in [0.2, 0.25) is 0 Å². The molecule has 2 aromatic heterocycles. The van der Waals surface area contributed by atoms with Gasteiger partial charge in [-0.3, -0.25) is 9.59 Å². The minimum Gasteiger partial charge on any atom is -0.462 e.